The quantitative estimate of drug-likeness (QED) is 0.796. The van der Waals surface area contributed by atoms with Crippen LogP contribution in [0.15, 0.2) is 22.9 Å². The molecule has 0 aliphatic rings. The number of pyridine rings is 1. The second kappa shape index (κ2) is 5.61. The van der Waals surface area contributed by atoms with Crippen LogP contribution in [0.2, 0.25) is 0 Å². The van der Waals surface area contributed by atoms with Crippen molar-refractivity contribution in [1.82, 2.24) is 9.88 Å². The van der Waals surface area contributed by atoms with E-state index in [2.05, 4.69) is 36.8 Å². The number of halogens is 2. The number of carbonyl (C=O) groups excluding carboxylic acids is 1. The number of amides is 1. The largest absolute Gasteiger partial charge is 0.338 e. The summed E-state index contributed by atoms with van der Waals surface area (Å²) in [6.45, 7) is 1.98. The molecule has 0 aromatic carbocycles. The first-order valence-electron chi connectivity index (χ1n) is 4.50. The van der Waals surface area contributed by atoms with Crippen LogP contribution in [-0.2, 0) is 0 Å². The molecule has 1 atom stereocenters. The summed E-state index contributed by atoms with van der Waals surface area (Å²) in [5.41, 5.74) is 0.597. The molecule has 0 saturated carbocycles. The van der Waals surface area contributed by atoms with E-state index >= 15 is 0 Å². The van der Waals surface area contributed by atoms with Crippen LogP contribution >= 0.6 is 31.9 Å². The van der Waals surface area contributed by atoms with Crippen molar-refractivity contribution >= 4 is 37.8 Å². The highest BCUT2D eigenvalue weighted by atomic mass is 79.9. The van der Waals surface area contributed by atoms with Crippen molar-refractivity contribution in [3.8, 4) is 0 Å². The molecule has 0 fully saturated rings. The minimum absolute atomic E-state index is 0.0178. The van der Waals surface area contributed by atoms with Crippen molar-refractivity contribution in [3.05, 3.63) is 28.5 Å². The van der Waals surface area contributed by atoms with E-state index < -0.39 is 0 Å². The lowest BCUT2D eigenvalue weighted by atomic mass is 10.2. The van der Waals surface area contributed by atoms with Gasteiger partial charge in [-0.05, 0) is 28.9 Å². The lowest BCUT2D eigenvalue weighted by Gasteiger charge is -2.23. The third kappa shape index (κ3) is 3.28. The van der Waals surface area contributed by atoms with Crippen LogP contribution < -0.4 is 0 Å². The third-order valence-electron chi connectivity index (χ3n) is 2.16. The highest BCUT2D eigenvalue weighted by molar-refractivity contribution is 9.10. The fourth-order valence-corrected chi connectivity index (χ4v) is 1.84. The molecule has 0 aliphatic heterocycles. The molecule has 1 aromatic rings. The summed E-state index contributed by atoms with van der Waals surface area (Å²) in [6, 6.07) is 1.93. The zero-order valence-corrected chi connectivity index (χ0v) is 11.7. The molecule has 1 amide bonds. The third-order valence-corrected chi connectivity index (χ3v) is 3.53. The van der Waals surface area contributed by atoms with Crippen molar-refractivity contribution in [2.24, 2.45) is 0 Å². The summed E-state index contributed by atoms with van der Waals surface area (Å²) in [4.78, 5) is 17.6. The summed E-state index contributed by atoms with van der Waals surface area (Å²) < 4.78 is 0.813. The summed E-state index contributed by atoms with van der Waals surface area (Å²) in [6.07, 6.45) is 3.23. The zero-order valence-electron chi connectivity index (χ0n) is 8.58. The van der Waals surface area contributed by atoms with Crippen LogP contribution in [0.4, 0.5) is 0 Å². The molecule has 0 saturated heterocycles. The average molecular weight is 336 g/mol. The standard InChI is InChI=1S/C10H12Br2N2O/c1-7(4-11)14(2)10(15)8-3-9(12)6-13-5-8/h3,5-7H,4H2,1-2H3. The highest BCUT2D eigenvalue weighted by Crippen LogP contribution is 2.12. The predicted octanol–water partition coefficient (Wildman–Crippen LogP) is 2.70. The molecule has 1 rings (SSSR count). The van der Waals surface area contributed by atoms with Crippen LogP contribution in [0.5, 0.6) is 0 Å². The highest BCUT2D eigenvalue weighted by Gasteiger charge is 2.16. The number of hydrogen-bond donors (Lipinski definition) is 0. The summed E-state index contributed by atoms with van der Waals surface area (Å²) in [5, 5.41) is 0.761. The summed E-state index contributed by atoms with van der Waals surface area (Å²) in [5.74, 6) is -0.0178. The Balaban J connectivity index is 2.85. The Morgan fingerprint density at radius 3 is 2.80 bits per heavy atom. The van der Waals surface area contributed by atoms with Gasteiger partial charge < -0.3 is 4.90 Å². The normalized spacial score (nSPS) is 12.3. The Morgan fingerprint density at radius 1 is 1.60 bits per heavy atom. The Kier molecular flexibility index (Phi) is 4.73. The first kappa shape index (κ1) is 12.6. The van der Waals surface area contributed by atoms with Crippen LogP contribution in [0.3, 0.4) is 0 Å². The second-order valence-corrected chi connectivity index (χ2v) is 4.87. The van der Waals surface area contributed by atoms with Crippen LogP contribution in [-0.4, -0.2) is 34.2 Å². The predicted molar refractivity (Wildman–Crippen MR) is 67.3 cm³/mol. The van der Waals surface area contributed by atoms with E-state index in [4.69, 9.17) is 0 Å². The molecule has 0 N–H and O–H groups in total. The van der Waals surface area contributed by atoms with Crippen LogP contribution in [0, 0.1) is 0 Å². The van der Waals surface area contributed by atoms with Gasteiger partial charge >= 0.3 is 0 Å². The number of alkyl halides is 1. The van der Waals surface area contributed by atoms with Gasteiger partial charge in [0.25, 0.3) is 5.91 Å². The molecule has 1 aromatic heterocycles. The number of hydrogen-bond acceptors (Lipinski definition) is 2. The van der Waals surface area contributed by atoms with E-state index in [1.54, 1.807) is 30.4 Å². The van der Waals surface area contributed by atoms with E-state index in [0.717, 1.165) is 9.80 Å². The van der Waals surface area contributed by atoms with Gasteiger partial charge in [0.1, 0.15) is 0 Å². The minimum atomic E-state index is -0.0178. The maximum absolute atomic E-state index is 11.9. The number of rotatable bonds is 3. The molecule has 5 heteroatoms. The first-order valence-corrected chi connectivity index (χ1v) is 6.41. The van der Waals surface area contributed by atoms with E-state index in [1.807, 2.05) is 6.92 Å². The van der Waals surface area contributed by atoms with Gasteiger partial charge in [-0.2, -0.15) is 0 Å². The maximum Gasteiger partial charge on any atom is 0.255 e. The Labute approximate surface area is 106 Å². The molecule has 15 heavy (non-hydrogen) atoms. The minimum Gasteiger partial charge on any atom is -0.338 e. The lowest BCUT2D eigenvalue weighted by Crippen LogP contribution is -2.36. The molecule has 0 aliphatic carbocycles. The van der Waals surface area contributed by atoms with Crippen molar-refractivity contribution in [1.29, 1.82) is 0 Å². The van der Waals surface area contributed by atoms with Gasteiger partial charge in [-0.3, -0.25) is 9.78 Å². The molecule has 3 nitrogen and oxygen atoms in total. The smallest absolute Gasteiger partial charge is 0.255 e. The SMILES string of the molecule is CC(CBr)N(C)C(=O)c1cncc(Br)c1. The molecular weight excluding hydrogens is 324 g/mol. The molecule has 0 spiro atoms. The first-order chi connectivity index (χ1) is 7.06. The van der Waals surface area contributed by atoms with Gasteiger partial charge in [0.2, 0.25) is 0 Å². The molecule has 1 unspecified atom stereocenters. The van der Waals surface area contributed by atoms with Gasteiger partial charge in [-0.25, -0.2) is 0 Å². The van der Waals surface area contributed by atoms with Gasteiger partial charge in [0, 0.05) is 35.3 Å². The monoisotopic (exact) mass is 334 g/mol. The van der Waals surface area contributed by atoms with Crippen molar-refractivity contribution in [3.63, 3.8) is 0 Å². The molecule has 0 radical (unpaired) electrons. The number of nitrogens with zero attached hydrogens (tertiary/aromatic N) is 2. The maximum atomic E-state index is 11.9. The fraction of sp³-hybridized carbons (Fsp3) is 0.400. The van der Waals surface area contributed by atoms with Crippen molar-refractivity contribution < 1.29 is 4.79 Å². The molecule has 1 heterocycles. The molecular formula is C10H12Br2N2O. The van der Waals surface area contributed by atoms with E-state index in [-0.39, 0.29) is 11.9 Å². The number of carbonyl (C=O) groups is 1. The molecule has 82 valence electrons. The van der Waals surface area contributed by atoms with Gasteiger partial charge in [0.05, 0.1) is 5.56 Å². The Hall–Kier alpha value is -0.420. The topological polar surface area (TPSA) is 33.2 Å². The second-order valence-electron chi connectivity index (χ2n) is 3.31. The van der Waals surface area contributed by atoms with Crippen LogP contribution in [0.1, 0.15) is 17.3 Å². The van der Waals surface area contributed by atoms with Gasteiger partial charge in [-0.1, -0.05) is 15.9 Å². The average Bonchev–Trinajstić information content (AvgIpc) is 2.26. The van der Waals surface area contributed by atoms with E-state index in [1.165, 1.54) is 0 Å². The summed E-state index contributed by atoms with van der Waals surface area (Å²) in [7, 11) is 1.79. The van der Waals surface area contributed by atoms with Gasteiger partial charge in [0.15, 0.2) is 0 Å². The van der Waals surface area contributed by atoms with Gasteiger partial charge in [-0.15, -0.1) is 0 Å². The number of aromatic nitrogens is 1. The zero-order chi connectivity index (χ0) is 11.4. The summed E-state index contributed by atoms with van der Waals surface area (Å²) >= 11 is 6.64. The fourth-order valence-electron chi connectivity index (χ4n) is 1.04. The van der Waals surface area contributed by atoms with E-state index in [0.29, 0.717) is 5.56 Å². The molecule has 0 bridgehead atoms. The van der Waals surface area contributed by atoms with E-state index in [9.17, 15) is 4.79 Å². The van der Waals surface area contributed by atoms with Crippen LogP contribution in [0.25, 0.3) is 0 Å². The van der Waals surface area contributed by atoms with Crippen molar-refractivity contribution in [2.45, 2.75) is 13.0 Å². The Bertz CT molecular complexity index is 357. The van der Waals surface area contributed by atoms with Crippen molar-refractivity contribution in [2.75, 3.05) is 12.4 Å². The lowest BCUT2D eigenvalue weighted by molar-refractivity contribution is 0.0757. The Morgan fingerprint density at radius 2 is 2.27 bits per heavy atom.